The summed E-state index contributed by atoms with van der Waals surface area (Å²) in [5.41, 5.74) is -0.242. The van der Waals surface area contributed by atoms with Crippen LogP contribution in [0.15, 0.2) is 106 Å². The summed E-state index contributed by atoms with van der Waals surface area (Å²) in [4.78, 5) is 26.0. The molecule has 0 N–H and O–H groups in total. The molecule has 0 bridgehead atoms. The number of ether oxygens (including phenoxy) is 4. The molecule has 2 aliphatic rings. The number of Topliss-reactive ketones (excluding diaryl/α,β-unsaturated/α-hetero) is 2. The number of rotatable bonds is 6. The van der Waals surface area contributed by atoms with Crippen molar-refractivity contribution in [1.82, 2.24) is 0 Å². The lowest BCUT2D eigenvalue weighted by atomic mass is 9.74. The van der Waals surface area contributed by atoms with Gasteiger partial charge in [-0.05, 0) is 59.7 Å². The Bertz CT molecular complexity index is 1700. The number of halogens is 2. The van der Waals surface area contributed by atoms with Crippen molar-refractivity contribution in [1.29, 1.82) is 10.5 Å². The zero-order valence-electron chi connectivity index (χ0n) is 24.9. The minimum absolute atomic E-state index is 0.225. The summed E-state index contributed by atoms with van der Waals surface area (Å²) in [6.07, 6.45) is -1.44. The zero-order valence-corrected chi connectivity index (χ0v) is 28.1. The van der Waals surface area contributed by atoms with Crippen molar-refractivity contribution in [2.75, 3.05) is 14.2 Å². The van der Waals surface area contributed by atoms with Gasteiger partial charge >= 0.3 is 0 Å². The van der Waals surface area contributed by atoms with Crippen molar-refractivity contribution >= 4 is 43.4 Å². The lowest BCUT2D eigenvalue weighted by molar-refractivity contribution is -0.111. The summed E-state index contributed by atoms with van der Waals surface area (Å²) >= 11 is 6.76. The first-order chi connectivity index (χ1) is 22.2. The number of para-hydroxylation sites is 2. The van der Waals surface area contributed by atoms with Gasteiger partial charge < -0.3 is 18.9 Å². The van der Waals surface area contributed by atoms with Gasteiger partial charge in [0.1, 0.15) is 11.5 Å². The third-order valence-corrected chi connectivity index (χ3v) is 9.02. The Hall–Kier alpha value is -4.32. The zero-order chi connectivity index (χ0) is 32.9. The SMILES string of the molecule is CO[C@H]1Oc2ccccc2C(=O)[C@]1(C#N)Cc1ccc(Br)cc1.CO[C@H]1Oc2ccccc2C(=O)[C@]1(C#N)Cc1ccc(Br)cc1. The highest BCUT2D eigenvalue weighted by molar-refractivity contribution is 9.10. The van der Waals surface area contributed by atoms with Crippen molar-refractivity contribution in [3.8, 4) is 23.6 Å². The molecule has 0 saturated heterocycles. The molecule has 0 spiro atoms. The molecule has 232 valence electrons. The molecule has 2 heterocycles. The van der Waals surface area contributed by atoms with Gasteiger partial charge in [-0.2, -0.15) is 10.5 Å². The number of hydrogen-bond acceptors (Lipinski definition) is 8. The van der Waals surface area contributed by atoms with E-state index in [1.807, 2.05) is 48.5 Å². The highest BCUT2D eigenvalue weighted by Gasteiger charge is 2.54. The van der Waals surface area contributed by atoms with Crippen LogP contribution >= 0.6 is 31.9 Å². The summed E-state index contributed by atoms with van der Waals surface area (Å²) in [5.74, 6) is 0.366. The average Bonchev–Trinajstić information content (AvgIpc) is 3.09. The number of benzene rings is 4. The molecule has 4 aromatic carbocycles. The van der Waals surface area contributed by atoms with Crippen molar-refractivity contribution in [3.05, 3.63) is 128 Å². The van der Waals surface area contributed by atoms with Crippen LogP contribution in [0.1, 0.15) is 31.8 Å². The van der Waals surface area contributed by atoms with Gasteiger partial charge in [0.2, 0.25) is 12.6 Å². The van der Waals surface area contributed by atoms with Crippen LogP contribution in [-0.4, -0.2) is 38.4 Å². The van der Waals surface area contributed by atoms with Gasteiger partial charge in [0.05, 0.1) is 23.3 Å². The molecule has 0 radical (unpaired) electrons. The molecule has 6 rings (SSSR count). The van der Waals surface area contributed by atoms with Gasteiger partial charge in [0, 0.05) is 36.0 Å². The first-order valence-corrected chi connectivity index (χ1v) is 15.8. The summed E-state index contributed by atoms with van der Waals surface area (Å²) < 4.78 is 24.1. The molecule has 46 heavy (non-hydrogen) atoms. The van der Waals surface area contributed by atoms with E-state index in [0.717, 1.165) is 20.1 Å². The molecule has 0 amide bonds. The smallest absolute Gasteiger partial charge is 0.226 e. The summed E-state index contributed by atoms with van der Waals surface area (Å²) in [6, 6.07) is 33.2. The maximum Gasteiger partial charge on any atom is 0.226 e. The molecule has 0 aromatic heterocycles. The Morgan fingerprint density at radius 2 is 0.978 bits per heavy atom. The third kappa shape index (κ3) is 6.22. The van der Waals surface area contributed by atoms with Crippen LogP contribution in [0.5, 0.6) is 11.5 Å². The maximum atomic E-state index is 13.0. The Morgan fingerprint density at radius 1 is 0.630 bits per heavy atom. The fourth-order valence-corrected chi connectivity index (χ4v) is 6.13. The van der Waals surface area contributed by atoms with Gasteiger partial charge in [0.15, 0.2) is 22.4 Å². The average molecular weight is 744 g/mol. The number of carbonyl (C=O) groups is 2. The van der Waals surface area contributed by atoms with Crippen LogP contribution in [0.25, 0.3) is 0 Å². The molecular weight excluding hydrogens is 716 g/mol. The predicted molar refractivity (Wildman–Crippen MR) is 176 cm³/mol. The topological polar surface area (TPSA) is 119 Å². The molecule has 4 aromatic rings. The van der Waals surface area contributed by atoms with Gasteiger partial charge in [-0.25, -0.2) is 0 Å². The Balaban J connectivity index is 0.000000181. The predicted octanol–water partition coefficient (Wildman–Crippen LogP) is 7.50. The van der Waals surface area contributed by atoms with E-state index in [2.05, 4.69) is 44.0 Å². The first kappa shape index (κ1) is 33.1. The number of nitriles is 2. The second-order valence-electron chi connectivity index (χ2n) is 10.8. The molecule has 10 heteroatoms. The lowest BCUT2D eigenvalue weighted by Crippen LogP contribution is -2.50. The lowest BCUT2D eigenvalue weighted by Gasteiger charge is -2.37. The number of methoxy groups -OCH3 is 2. The minimum Gasteiger partial charge on any atom is -0.462 e. The van der Waals surface area contributed by atoms with Gasteiger partial charge in [-0.3, -0.25) is 9.59 Å². The number of nitrogens with zero attached hydrogens (tertiary/aromatic N) is 2. The normalized spacial score (nSPS) is 22.8. The standard InChI is InChI=1S/2C18H14BrNO3/c2*1-22-17-18(11-20,10-12-6-8-13(19)9-7-12)16(21)14-4-2-3-5-15(14)23-17/h2*2-9,17H,10H2,1H3/t2*17-,18+/m00/s1. The summed E-state index contributed by atoms with van der Waals surface area (Å²) in [6.45, 7) is 0. The minimum atomic E-state index is -1.41. The van der Waals surface area contributed by atoms with Crippen molar-refractivity contribution in [3.63, 3.8) is 0 Å². The van der Waals surface area contributed by atoms with Crippen molar-refractivity contribution in [2.24, 2.45) is 10.8 Å². The van der Waals surface area contributed by atoms with E-state index in [-0.39, 0.29) is 24.4 Å². The maximum absolute atomic E-state index is 13.0. The van der Waals surface area contributed by atoms with Gasteiger partial charge in [0.25, 0.3) is 0 Å². The van der Waals surface area contributed by atoms with E-state index in [4.69, 9.17) is 18.9 Å². The number of hydrogen-bond donors (Lipinski definition) is 0. The van der Waals surface area contributed by atoms with Crippen molar-refractivity contribution in [2.45, 2.75) is 25.4 Å². The van der Waals surface area contributed by atoms with E-state index < -0.39 is 23.4 Å². The van der Waals surface area contributed by atoms with Crippen LogP contribution in [0.3, 0.4) is 0 Å². The molecule has 0 unspecified atom stereocenters. The largest absolute Gasteiger partial charge is 0.462 e. The van der Waals surface area contributed by atoms with Crippen LogP contribution < -0.4 is 9.47 Å². The van der Waals surface area contributed by atoms with E-state index >= 15 is 0 Å². The summed E-state index contributed by atoms with van der Waals surface area (Å²) in [7, 11) is 2.89. The number of ketones is 2. The Morgan fingerprint density at radius 3 is 1.30 bits per heavy atom. The Kier molecular flexibility index (Phi) is 10.0. The monoisotopic (exact) mass is 742 g/mol. The molecule has 4 atom stereocenters. The molecule has 8 nitrogen and oxygen atoms in total. The third-order valence-electron chi connectivity index (χ3n) is 7.97. The fraction of sp³-hybridized carbons (Fsp3) is 0.222. The van der Waals surface area contributed by atoms with E-state index in [1.54, 1.807) is 48.5 Å². The quantitative estimate of drug-likeness (QED) is 0.199. The Labute approximate surface area is 283 Å². The molecule has 0 aliphatic carbocycles. The number of carbonyl (C=O) groups excluding carboxylic acids is 2. The van der Waals surface area contributed by atoms with Crippen LogP contribution in [0, 0.1) is 33.5 Å². The van der Waals surface area contributed by atoms with Gasteiger partial charge in [-0.1, -0.05) is 80.4 Å². The van der Waals surface area contributed by atoms with Crippen LogP contribution in [-0.2, 0) is 22.3 Å². The summed E-state index contributed by atoms with van der Waals surface area (Å²) in [5, 5.41) is 19.6. The van der Waals surface area contributed by atoms with E-state index in [1.165, 1.54) is 14.2 Å². The van der Waals surface area contributed by atoms with Crippen LogP contribution in [0.4, 0.5) is 0 Å². The highest BCUT2D eigenvalue weighted by atomic mass is 79.9. The molecule has 0 fully saturated rings. The van der Waals surface area contributed by atoms with Crippen molar-refractivity contribution < 1.29 is 28.5 Å². The number of fused-ring (bicyclic) bond motifs is 2. The van der Waals surface area contributed by atoms with E-state index in [9.17, 15) is 20.1 Å². The second kappa shape index (κ2) is 14.0. The molecule has 0 saturated carbocycles. The molecule has 2 aliphatic heterocycles. The second-order valence-corrected chi connectivity index (χ2v) is 12.6. The highest BCUT2D eigenvalue weighted by Crippen LogP contribution is 2.42. The van der Waals surface area contributed by atoms with Gasteiger partial charge in [-0.15, -0.1) is 0 Å². The fourth-order valence-electron chi connectivity index (χ4n) is 5.60. The van der Waals surface area contributed by atoms with Crippen LogP contribution in [0.2, 0.25) is 0 Å². The van der Waals surface area contributed by atoms with E-state index in [0.29, 0.717) is 22.6 Å². The molecular formula is C36H28Br2N2O6. The first-order valence-electron chi connectivity index (χ1n) is 14.2.